The molecule has 1 amide bonds. The molecule has 98 valence electrons. The molecule has 0 spiro atoms. The highest BCUT2D eigenvalue weighted by molar-refractivity contribution is 5.93. The second-order valence-corrected chi connectivity index (χ2v) is 4.20. The number of hydrogen-bond acceptors (Lipinski definition) is 3. The maximum atomic E-state index is 12.8. The highest BCUT2D eigenvalue weighted by Gasteiger charge is 2.12. The maximum Gasteiger partial charge on any atom is 0.232 e. The number of halogens is 1. The van der Waals surface area contributed by atoms with Gasteiger partial charge in [0.1, 0.15) is 11.6 Å². The molecule has 0 aliphatic rings. The van der Waals surface area contributed by atoms with Crippen LogP contribution in [-0.2, 0) is 11.2 Å². The first-order valence-corrected chi connectivity index (χ1v) is 5.79. The van der Waals surface area contributed by atoms with Gasteiger partial charge >= 0.3 is 0 Å². The molecule has 4 nitrogen and oxygen atoms in total. The van der Waals surface area contributed by atoms with Crippen LogP contribution in [0.4, 0.5) is 15.9 Å². The first kappa shape index (κ1) is 13.0. The molecule has 19 heavy (non-hydrogen) atoms. The van der Waals surface area contributed by atoms with Crippen LogP contribution in [0.5, 0.6) is 0 Å². The van der Waals surface area contributed by atoms with Crippen LogP contribution in [0.15, 0.2) is 42.6 Å². The monoisotopic (exact) mass is 259 g/mol. The Morgan fingerprint density at radius 2 is 2.00 bits per heavy atom. The Balaban J connectivity index is 2.09. The Labute approximate surface area is 110 Å². The summed E-state index contributed by atoms with van der Waals surface area (Å²) in [7, 11) is 1.63. The van der Waals surface area contributed by atoms with Crippen molar-refractivity contribution in [1.82, 2.24) is 4.98 Å². The highest BCUT2D eigenvalue weighted by Crippen LogP contribution is 2.14. The average Bonchev–Trinajstić information content (AvgIpc) is 2.40. The van der Waals surface area contributed by atoms with E-state index in [4.69, 9.17) is 5.73 Å². The van der Waals surface area contributed by atoms with E-state index >= 15 is 0 Å². The van der Waals surface area contributed by atoms with Crippen molar-refractivity contribution < 1.29 is 9.18 Å². The number of carbonyl (C=O) groups excluding carboxylic acids is 1. The van der Waals surface area contributed by atoms with Gasteiger partial charge in [-0.25, -0.2) is 9.37 Å². The van der Waals surface area contributed by atoms with Crippen LogP contribution in [-0.4, -0.2) is 17.9 Å². The third kappa shape index (κ3) is 3.28. The van der Waals surface area contributed by atoms with Gasteiger partial charge in [-0.3, -0.25) is 9.69 Å². The minimum absolute atomic E-state index is 0.135. The third-order valence-corrected chi connectivity index (χ3v) is 2.76. The van der Waals surface area contributed by atoms with Gasteiger partial charge in [0.15, 0.2) is 0 Å². The van der Waals surface area contributed by atoms with E-state index in [1.807, 2.05) is 0 Å². The Morgan fingerprint density at radius 1 is 1.32 bits per heavy atom. The van der Waals surface area contributed by atoms with Gasteiger partial charge in [0.2, 0.25) is 5.91 Å². The zero-order valence-electron chi connectivity index (χ0n) is 10.5. The summed E-state index contributed by atoms with van der Waals surface area (Å²) in [6.07, 6.45) is 1.74. The van der Waals surface area contributed by atoms with Gasteiger partial charge in [0, 0.05) is 25.0 Å². The first-order valence-electron chi connectivity index (χ1n) is 5.79. The summed E-state index contributed by atoms with van der Waals surface area (Å²) < 4.78 is 12.8. The third-order valence-electron chi connectivity index (χ3n) is 2.76. The Hall–Kier alpha value is -2.43. The Bertz CT molecular complexity index is 583. The lowest BCUT2D eigenvalue weighted by Crippen LogP contribution is -2.28. The van der Waals surface area contributed by atoms with Crippen molar-refractivity contribution in [2.24, 2.45) is 0 Å². The molecular formula is C14H14FN3O. The molecule has 0 aliphatic carbocycles. The van der Waals surface area contributed by atoms with Crippen LogP contribution in [0, 0.1) is 5.82 Å². The Morgan fingerprint density at radius 3 is 2.63 bits per heavy atom. The van der Waals surface area contributed by atoms with E-state index < -0.39 is 0 Å². The first-order chi connectivity index (χ1) is 9.06. The predicted molar refractivity (Wildman–Crippen MR) is 72.2 cm³/mol. The molecule has 1 aromatic carbocycles. The fourth-order valence-corrected chi connectivity index (χ4v) is 1.64. The number of anilines is 2. The van der Waals surface area contributed by atoms with Crippen LogP contribution in [0.3, 0.4) is 0 Å². The number of nitrogen functional groups attached to an aromatic ring is 1. The summed E-state index contributed by atoms with van der Waals surface area (Å²) in [6.45, 7) is 0. The second-order valence-electron chi connectivity index (χ2n) is 4.20. The molecule has 0 radical (unpaired) electrons. The SMILES string of the molecule is CN(C(=O)Cc1ccc(F)cc1)c1cc(N)ccn1. The molecule has 2 rings (SSSR count). The molecule has 0 unspecified atom stereocenters. The lowest BCUT2D eigenvalue weighted by atomic mass is 10.1. The number of nitrogens with zero attached hydrogens (tertiary/aromatic N) is 2. The zero-order valence-corrected chi connectivity index (χ0v) is 10.5. The van der Waals surface area contributed by atoms with E-state index in [0.29, 0.717) is 11.5 Å². The number of amides is 1. The minimum Gasteiger partial charge on any atom is -0.399 e. The lowest BCUT2D eigenvalue weighted by molar-refractivity contribution is -0.117. The number of likely N-dealkylation sites (N-methyl/N-ethyl adjacent to an activating group) is 1. The van der Waals surface area contributed by atoms with Gasteiger partial charge in [-0.2, -0.15) is 0 Å². The standard InChI is InChI=1S/C14H14FN3O/c1-18(13-9-12(16)6-7-17-13)14(19)8-10-2-4-11(15)5-3-10/h2-7,9H,8H2,1H3,(H2,16,17). The quantitative estimate of drug-likeness (QED) is 0.917. The fourth-order valence-electron chi connectivity index (χ4n) is 1.64. The van der Waals surface area contributed by atoms with Crippen LogP contribution < -0.4 is 10.6 Å². The number of benzene rings is 1. The second kappa shape index (κ2) is 5.48. The topological polar surface area (TPSA) is 59.2 Å². The van der Waals surface area contributed by atoms with Crippen molar-refractivity contribution in [3.8, 4) is 0 Å². The van der Waals surface area contributed by atoms with Crippen LogP contribution >= 0.6 is 0 Å². The van der Waals surface area contributed by atoms with E-state index in [2.05, 4.69) is 4.98 Å². The molecule has 0 atom stereocenters. The van der Waals surface area contributed by atoms with E-state index in [-0.39, 0.29) is 18.1 Å². The van der Waals surface area contributed by atoms with Crippen molar-refractivity contribution >= 4 is 17.4 Å². The zero-order chi connectivity index (χ0) is 13.8. The van der Waals surface area contributed by atoms with Gasteiger partial charge in [0.25, 0.3) is 0 Å². The summed E-state index contributed by atoms with van der Waals surface area (Å²) >= 11 is 0. The normalized spacial score (nSPS) is 10.2. The average molecular weight is 259 g/mol. The smallest absolute Gasteiger partial charge is 0.232 e. The number of pyridine rings is 1. The van der Waals surface area contributed by atoms with Crippen LogP contribution in [0.25, 0.3) is 0 Å². The van der Waals surface area contributed by atoms with Crippen LogP contribution in [0.2, 0.25) is 0 Å². The summed E-state index contributed by atoms with van der Waals surface area (Å²) in [6, 6.07) is 9.13. The minimum atomic E-state index is -0.318. The number of rotatable bonds is 3. The molecule has 2 N–H and O–H groups in total. The van der Waals surface area contributed by atoms with Crippen molar-refractivity contribution in [1.29, 1.82) is 0 Å². The summed E-state index contributed by atoms with van der Waals surface area (Å²) in [5.41, 5.74) is 6.95. The molecule has 1 heterocycles. The number of carbonyl (C=O) groups is 1. The van der Waals surface area contributed by atoms with E-state index in [9.17, 15) is 9.18 Å². The molecule has 0 saturated carbocycles. The summed E-state index contributed by atoms with van der Waals surface area (Å²) in [5.74, 6) is 0.0406. The van der Waals surface area contributed by atoms with Crippen LogP contribution in [0.1, 0.15) is 5.56 Å². The van der Waals surface area contributed by atoms with Gasteiger partial charge in [-0.1, -0.05) is 12.1 Å². The molecule has 2 aromatic rings. The van der Waals surface area contributed by atoms with Gasteiger partial charge < -0.3 is 5.73 Å². The summed E-state index contributed by atoms with van der Waals surface area (Å²) in [5, 5.41) is 0. The maximum absolute atomic E-state index is 12.8. The van der Waals surface area contributed by atoms with Gasteiger partial charge in [0.05, 0.1) is 6.42 Å². The molecule has 0 aliphatic heterocycles. The number of nitrogens with two attached hydrogens (primary N) is 1. The van der Waals surface area contributed by atoms with Gasteiger partial charge in [-0.15, -0.1) is 0 Å². The Kier molecular flexibility index (Phi) is 3.75. The fraction of sp³-hybridized carbons (Fsp3) is 0.143. The number of aromatic nitrogens is 1. The van der Waals surface area contributed by atoms with Crippen molar-refractivity contribution in [2.75, 3.05) is 17.7 Å². The predicted octanol–water partition coefficient (Wildman–Crippen LogP) is 2.01. The van der Waals surface area contributed by atoms with Crippen molar-refractivity contribution in [3.05, 3.63) is 54.0 Å². The molecule has 0 bridgehead atoms. The molecule has 0 saturated heterocycles. The molecule has 1 aromatic heterocycles. The van der Waals surface area contributed by atoms with Crippen molar-refractivity contribution in [2.45, 2.75) is 6.42 Å². The van der Waals surface area contributed by atoms with E-state index in [1.54, 1.807) is 37.5 Å². The van der Waals surface area contributed by atoms with E-state index in [1.165, 1.54) is 17.0 Å². The lowest BCUT2D eigenvalue weighted by Gasteiger charge is -2.16. The highest BCUT2D eigenvalue weighted by atomic mass is 19.1. The van der Waals surface area contributed by atoms with E-state index in [0.717, 1.165) is 5.56 Å². The number of hydrogen-bond donors (Lipinski definition) is 1. The molecule has 5 heteroatoms. The largest absolute Gasteiger partial charge is 0.399 e. The van der Waals surface area contributed by atoms with Gasteiger partial charge in [-0.05, 0) is 23.8 Å². The van der Waals surface area contributed by atoms with Crippen molar-refractivity contribution in [3.63, 3.8) is 0 Å². The summed E-state index contributed by atoms with van der Waals surface area (Å²) in [4.78, 5) is 17.6. The molecule has 0 fully saturated rings. The molecular weight excluding hydrogens is 245 g/mol.